The van der Waals surface area contributed by atoms with Crippen molar-refractivity contribution in [1.29, 1.82) is 0 Å². The van der Waals surface area contributed by atoms with Gasteiger partial charge < -0.3 is 29.3 Å². The summed E-state index contributed by atoms with van der Waals surface area (Å²) in [4.78, 5) is 41.7. The number of nitrogens with zero attached hydrogens (tertiary/aromatic N) is 2. The van der Waals surface area contributed by atoms with Crippen LogP contribution in [-0.4, -0.2) is 72.1 Å². The molecule has 2 fully saturated rings. The summed E-state index contributed by atoms with van der Waals surface area (Å²) in [6, 6.07) is 31.3. The van der Waals surface area contributed by atoms with E-state index in [4.69, 9.17) is 14.2 Å². The molecule has 278 valence electrons. The number of nitrogens with one attached hydrogen (secondary N) is 1. The van der Waals surface area contributed by atoms with Crippen molar-refractivity contribution in [3.63, 3.8) is 0 Å². The largest absolute Gasteiger partial charge is 0.490 e. The quantitative estimate of drug-likeness (QED) is 0.177. The van der Waals surface area contributed by atoms with Gasteiger partial charge in [0.1, 0.15) is 29.8 Å². The molecule has 0 bridgehead atoms. The van der Waals surface area contributed by atoms with E-state index in [1.54, 1.807) is 4.90 Å². The third-order valence-corrected chi connectivity index (χ3v) is 9.81. The maximum atomic E-state index is 12.9. The fourth-order valence-corrected chi connectivity index (χ4v) is 6.62. The van der Waals surface area contributed by atoms with E-state index >= 15 is 0 Å². The molecular weight excluding hydrogens is 666 g/mol. The zero-order valence-corrected chi connectivity index (χ0v) is 31.3. The highest BCUT2D eigenvalue weighted by Crippen LogP contribution is 2.25. The minimum atomic E-state index is -0.504. The first-order chi connectivity index (χ1) is 25.5. The Bertz CT molecular complexity index is 1820. The predicted molar refractivity (Wildman–Crippen MR) is 206 cm³/mol. The molecule has 0 spiro atoms. The fourth-order valence-electron chi connectivity index (χ4n) is 6.62. The number of ether oxygens (including phenoxy) is 3. The Morgan fingerprint density at radius 3 is 1.83 bits per heavy atom. The van der Waals surface area contributed by atoms with Crippen LogP contribution < -0.4 is 14.8 Å². The van der Waals surface area contributed by atoms with Gasteiger partial charge in [0.15, 0.2) is 0 Å². The molecule has 0 aliphatic carbocycles. The highest BCUT2D eigenvalue weighted by molar-refractivity contribution is 5.95. The summed E-state index contributed by atoms with van der Waals surface area (Å²) in [5.41, 5.74) is 5.09. The van der Waals surface area contributed by atoms with Crippen LogP contribution in [0.2, 0.25) is 0 Å². The predicted octanol–water partition coefficient (Wildman–Crippen LogP) is 8.30. The Morgan fingerprint density at radius 2 is 1.23 bits per heavy atom. The van der Waals surface area contributed by atoms with E-state index in [9.17, 15) is 14.4 Å². The van der Waals surface area contributed by atoms with Gasteiger partial charge in [-0.1, -0.05) is 54.1 Å². The van der Waals surface area contributed by atoms with Crippen LogP contribution in [0.15, 0.2) is 97.1 Å². The van der Waals surface area contributed by atoms with Crippen LogP contribution in [-0.2, 0) is 11.3 Å². The number of amides is 3. The molecule has 2 saturated heterocycles. The maximum absolute atomic E-state index is 12.9. The van der Waals surface area contributed by atoms with Crippen LogP contribution in [0.25, 0.3) is 11.1 Å². The lowest BCUT2D eigenvalue weighted by Gasteiger charge is -2.33. The van der Waals surface area contributed by atoms with E-state index < -0.39 is 5.60 Å². The average molecular weight is 718 g/mol. The molecule has 0 unspecified atom stereocenters. The molecule has 4 aromatic carbocycles. The van der Waals surface area contributed by atoms with Gasteiger partial charge in [0, 0.05) is 56.7 Å². The number of hydrogen-bond acceptors (Lipinski definition) is 6. The van der Waals surface area contributed by atoms with E-state index in [1.165, 1.54) is 0 Å². The minimum Gasteiger partial charge on any atom is -0.490 e. The van der Waals surface area contributed by atoms with Gasteiger partial charge in [-0.05, 0) is 112 Å². The molecule has 2 aliphatic heterocycles. The monoisotopic (exact) mass is 717 g/mol. The lowest BCUT2D eigenvalue weighted by atomic mass is 9.97. The van der Waals surface area contributed by atoms with Crippen molar-refractivity contribution in [1.82, 2.24) is 15.1 Å². The highest BCUT2D eigenvalue weighted by atomic mass is 16.6. The molecule has 0 atom stereocenters. The number of rotatable bonds is 10. The normalized spacial score (nSPS) is 15.5. The van der Waals surface area contributed by atoms with Crippen LogP contribution in [0.3, 0.4) is 0 Å². The van der Waals surface area contributed by atoms with Crippen molar-refractivity contribution < 1.29 is 28.6 Å². The summed E-state index contributed by atoms with van der Waals surface area (Å²) in [7, 11) is 0. The van der Waals surface area contributed by atoms with Gasteiger partial charge in [0.05, 0.1) is 0 Å². The van der Waals surface area contributed by atoms with Crippen molar-refractivity contribution in [3.05, 3.63) is 119 Å². The number of benzene rings is 4. The van der Waals surface area contributed by atoms with Crippen molar-refractivity contribution >= 4 is 17.9 Å². The second-order valence-electron chi connectivity index (χ2n) is 15.1. The van der Waals surface area contributed by atoms with Crippen molar-refractivity contribution in [2.24, 2.45) is 5.92 Å². The van der Waals surface area contributed by atoms with Crippen LogP contribution in [0.5, 0.6) is 11.5 Å². The summed E-state index contributed by atoms with van der Waals surface area (Å²) in [6.45, 7) is 11.3. The number of hydrogen-bond donors (Lipinski definition) is 1. The number of piperidine rings is 2. The molecule has 6 rings (SSSR count). The van der Waals surface area contributed by atoms with Gasteiger partial charge in [-0.2, -0.15) is 0 Å². The Kier molecular flexibility index (Phi) is 12.0. The van der Waals surface area contributed by atoms with Crippen LogP contribution in [0.1, 0.15) is 78.3 Å². The van der Waals surface area contributed by atoms with Crippen LogP contribution in [0.4, 0.5) is 4.79 Å². The summed E-state index contributed by atoms with van der Waals surface area (Å²) in [5.74, 6) is 1.91. The molecule has 0 aromatic heterocycles. The molecule has 9 heteroatoms. The second-order valence-corrected chi connectivity index (χ2v) is 15.1. The molecule has 1 N–H and O–H groups in total. The highest BCUT2D eigenvalue weighted by Gasteiger charge is 2.27. The number of carbonyl (C=O) groups is 3. The third-order valence-electron chi connectivity index (χ3n) is 9.81. The first kappa shape index (κ1) is 37.4. The molecule has 3 amide bonds. The van der Waals surface area contributed by atoms with Crippen molar-refractivity contribution in [3.8, 4) is 22.6 Å². The molecular formula is C44H51N3O6. The molecule has 9 nitrogen and oxygen atoms in total. The molecule has 2 heterocycles. The Hall–Kier alpha value is -5.31. The van der Waals surface area contributed by atoms with Gasteiger partial charge in [0.25, 0.3) is 11.8 Å². The molecule has 2 aliphatic rings. The zero-order valence-electron chi connectivity index (χ0n) is 31.3. The summed E-state index contributed by atoms with van der Waals surface area (Å²) in [6.07, 6.45) is 3.09. The third kappa shape index (κ3) is 10.6. The first-order valence-corrected chi connectivity index (χ1v) is 18.7. The molecule has 0 saturated carbocycles. The van der Waals surface area contributed by atoms with Gasteiger partial charge in [0.2, 0.25) is 0 Å². The van der Waals surface area contributed by atoms with E-state index in [1.807, 2.05) is 130 Å². The average Bonchev–Trinajstić information content (AvgIpc) is 3.17. The van der Waals surface area contributed by atoms with Gasteiger partial charge in [-0.25, -0.2) is 4.79 Å². The molecule has 53 heavy (non-hydrogen) atoms. The number of likely N-dealkylation sites (tertiary alicyclic amines) is 2. The molecule has 0 radical (unpaired) electrons. The second kappa shape index (κ2) is 17.0. The van der Waals surface area contributed by atoms with E-state index in [-0.39, 0.29) is 24.0 Å². The SMILES string of the molecule is Cc1ccc(C(=O)N2CCC(Oc3ccc(COc4ccc(-c5ccc(C(=O)NCC6CCN(C(=O)OC(C)(C)C)CC6)cc5)cc4)cc3)CC2)cc1. The first-order valence-electron chi connectivity index (χ1n) is 18.7. The summed E-state index contributed by atoms with van der Waals surface area (Å²) in [5, 5.41) is 3.07. The molecule has 4 aromatic rings. The van der Waals surface area contributed by atoms with E-state index in [2.05, 4.69) is 5.32 Å². The van der Waals surface area contributed by atoms with Gasteiger partial charge >= 0.3 is 6.09 Å². The van der Waals surface area contributed by atoms with E-state index in [0.717, 1.165) is 65.0 Å². The fraction of sp³-hybridized carbons (Fsp3) is 0.386. The topological polar surface area (TPSA) is 97.4 Å². The Morgan fingerprint density at radius 1 is 0.679 bits per heavy atom. The Labute approximate surface area is 313 Å². The van der Waals surface area contributed by atoms with Crippen LogP contribution >= 0.6 is 0 Å². The minimum absolute atomic E-state index is 0.0827. The van der Waals surface area contributed by atoms with Crippen molar-refractivity contribution in [2.75, 3.05) is 32.7 Å². The standard InChI is InChI=1S/C44H51N3O6/c1-31-5-9-37(10-6-31)42(49)46-27-23-40(24-28-46)52-39-17-7-33(8-18-39)30-51-38-19-15-35(16-20-38)34-11-13-36(14-12-34)41(48)45-29-32-21-25-47(26-22-32)43(50)53-44(2,3)4/h5-20,32,40H,21-30H2,1-4H3,(H,45,48). The number of carbonyl (C=O) groups excluding carboxylic acids is 3. The summed E-state index contributed by atoms with van der Waals surface area (Å²) >= 11 is 0. The lowest BCUT2D eigenvalue weighted by Crippen LogP contribution is -2.43. The van der Waals surface area contributed by atoms with Crippen LogP contribution in [0, 0.1) is 12.8 Å². The Balaban J connectivity index is 0.897. The summed E-state index contributed by atoms with van der Waals surface area (Å²) < 4.78 is 17.8. The van der Waals surface area contributed by atoms with Crippen molar-refractivity contribution in [2.45, 2.75) is 71.7 Å². The van der Waals surface area contributed by atoms with E-state index in [0.29, 0.717) is 50.8 Å². The zero-order chi connectivity index (χ0) is 37.4. The van der Waals surface area contributed by atoms with Gasteiger partial charge in [-0.15, -0.1) is 0 Å². The lowest BCUT2D eigenvalue weighted by molar-refractivity contribution is 0.0183. The smallest absolute Gasteiger partial charge is 0.410 e. The van der Waals surface area contributed by atoms with Gasteiger partial charge in [-0.3, -0.25) is 9.59 Å². The number of aryl methyl sites for hydroxylation is 1. The maximum Gasteiger partial charge on any atom is 0.410 e.